The molecule has 0 aromatic carbocycles. The molecule has 1 N–H and O–H groups in total. The molecular weight excluding hydrogens is 620 g/mol. The summed E-state index contributed by atoms with van der Waals surface area (Å²) in [6.07, 6.45) is 53.9. The minimum absolute atomic E-state index is 0.0848. The van der Waals surface area contributed by atoms with E-state index in [4.69, 9.17) is 9.47 Å². The highest BCUT2D eigenvalue weighted by atomic mass is 16.6. The van der Waals surface area contributed by atoms with E-state index < -0.39 is 6.10 Å². The van der Waals surface area contributed by atoms with Gasteiger partial charge in [-0.15, -0.1) is 0 Å². The average Bonchev–Trinajstić information content (AvgIpc) is 3.12. The van der Waals surface area contributed by atoms with Crippen molar-refractivity contribution in [1.29, 1.82) is 0 Å². The number of aliphatic hydroxyl groups is 1. The molecule has 0 aromatic heterocycles. The van der Waals surface area contributed by atoms with E-state index in [9.17, 15) is 14.7 Å². The van der Waals surface area contributed by atoms with Gasteiger partial charge in [0.25, 0.3) is 0 Å². The van der Waals surface area contributed by atoms with Crippen LogP contribution in [-0.4, -0.2) is 36.4 Å². The number of hydrogen-bond donors (Lipinski definition) is 1. The molecule has 0 amide bonds. The molecule has 0 bridgehead atoms. The van der Waals surface area contributed by atoms with Crippen molar-refractivity contribution >= 4 is 11.9 Å². The van der Waals surface area contributed by atoms with Crippen molar-refractivity contribution in [2.24, 2.45) is 0 Å². The largest absolute Gasteiger partial charge is 0.462 e. The van der Waals surface area contributed by atoms with E-state index >= 15 is 0 Å². The Balaban J connectivity index is 3.65. The summed E-state index contributed by atoms with van der Waals surface area (Å²) in [5.74, 6) is -0.638. The number of carbonyl (C=O) groups is 2. The molecule has 0 aromatic rings. The molecule has 0 spiro atoms. The summed E-state index contributed by atoms with van der Waals surface area (Å²) < 4.78 is 10.6. The lowest BCUT2D eigenvalue weighted by molar-refractivity contribution is -0.161. The standard InChI is InChI=1S/C45H76O5/c1-3-5-7-9-11-13-15-17-19-21-22-24-26-28-30-32-34-36-38-40-45(48)50-43(41-46)42-49-44(47)39-37-35-33-31-29-27-25-23-20-18-16-14-12-10-8-6-4-2/h5,7,11,13,17-20,22,24,28,30,43,46H,3-4,6,8-10,12,14-16,21,23,25-27,29,31-42H2,1-2H3. The Morgan fingerprint density at radius 2 is 0.860 bits per heavy atom. The van der Waals surface area contributed by atoms with Gasteiger partial charge in [0.05, 0.1) is 6.61 Å². The summed E-state index contributed by atoms with van der Waals surface area (Å²) in [6, 6.07) is 0. The first kappa shape index (κ1) is 47.3. The Kier molecular flexibility index (Phi) is 38.6. The van der Waals surface area contributed by atoms with Crippen LogP contribution in [0.25, 0.3) is 0 Å². The van der Waals surface area contributed by atoms with Gasteiger partial charge in [0, 0.05) is 12.8 Å². The number of aliphatic hydroxyl groups excluding tert-OH is 1. The molecule has 1 unspecified atom stereocenters. The highest BCUT2D eigenvalue weighted by Crippen LogP contribution is 2.12. The van der Waals surface area contributed by atoms with Gasteiger partial charge >= 0.3 is 11.9 Å². The quantitative estimate of drug-likeness (QED) is 0.0401. The molecular formula is C45H76O5. The topological polar surface area (TPSA) is 72.8 Å². The summed E-state index contributed by atoms with van der Waals surface area (Å²) >= 11 is 0. The van der Waals surface area contributed by atoms with E-state index in [1.165, 1.54) is 77.0 Å². The van der Waals surface area contributed by atoms with E-state index in [1.807, 2.05) is 0 Å². The smallest absolute Gasteiger partial charge is 0.306 e. The van der Waals surface area contributed by atoms with Crippen molar-refractivity contribution in [3.8, 4) is 0 Å². The molecule has 5 heteroatoms. The van der Waals surface area contributed by atoms with Gasteiger partial charge in [0.2, 0.25) is 0 Å². The van der Waals surface area contributed by atoms with E-state index in [2.05, 4.69) is 86.8 Å². The number of ether oxygens (including phenoxy) is 2. The van der Waals surface area contributed by atoms with Crippen LogP contribution in [0.2, 0.25) is 0 Å². The minimum Gasteiger partial charge on any atom is -0.462 e. The van der Waals surface area contributed by atoms with Crippen LogP contribution in [0.3, 0.4) is 0 Å². The first-order valence-electron chi connectivity index (χ1n) is 20.5. The monoisotopic (exact) mass is 697 g/mol. The Labute approximate surface area is 308 Å². The Hall–Kier alpha value is -2.66. The number of carbonyl (C=O) groups excluding carboxylic acids is 2. The molecule has 0 saturated carbocycles. The predicted octanol–water partition coefficient (Wildman–Crippen LogP) is 13.0. The van der Waals surface area contributed by atoms with Gasteiger partial charge in [-0.3, -0.25) is 9.59 Å². The Morgan fingerprint density at radius 3 is 1.34 bits per heavy atom. The zero-order valence-electron chi connectivity index (χ0n) is 32.4. The predicted molar refractivity (Wildman–Crippen MR) is 214 cm³/mol. The molecule has 0 aliphatic heterocycles. The third-order valence-electron chi connectivity index (χ3n) is 8.48. The molecule has 0 rings (SSSR count). The first-order chi connectivity index (χ1) is 24.6. The van der Waals surface area contributed by atoms with Crippen LogP contribution in [0.4, 0.5) is 0 Å². The molecule has 5 nitrogen and oxygen atoms in total. The SMILES string of the molecule is CCC=CCC=CCC=CCC=CCC=CCCCCCC(=O)OC(CO)COC(=O)CCCCCCCCCC=CCCCCCCCC. The molecule has 286 valence electrons. The van der Waals surface area contributed by atoms with Gasteiger partial charge in [-0.2, -0.15) is 0 Å². The third-order valence-corrected chi connectivity index (χ3v) is 8.48. The van der Waals surface area contributed by atoms with Crippen molar-refractivity contribution in [2.45, 2.75) is 187 Å². The van der Waals surface area contributed by atoms with Crippen molar-refractivity contribution in [1.82, 2.24) is 0 Å². The summed E-state index contributed by atoms with van der Waals surface area (Å²) in [6.45, 7) is 3.98. The second-order valence-corrected chi connectivity index (χ2v) is 13.3. The Bertz CT molecular complexity index is 926. The number of esters is 2. The maximum absolute atomic E-state index is 12.2. The number of unbranched alkanes of at least 4 members (excludes halogenated alkanes) is 16. The maximum atomic E-state index is 12.2. The first-order valence-corrected chi connectivity index (χ1v) is 20.5. The van der Waals surface area contributed by atoms with Crippen LogP contribution >= 0.6 is 0 Å². The van der Waals surface area contributed by atoms with Crippen molar-refractivity contribution in [3.63, 3.8) is 0 Å². The third kappa shape index (κ3) is 38.1. The van der Waals surface area contributed by atoms with Crippen LogP contribution in [0.15, 0.2) is 72.9 Å². The molecule has 0 heterocycles. The summed E-state index contributed by atoms with van der Waals surface area (Å²) in [7, 11) is 0. The number of allylic oxidation sites excluding steroid dienone is 12. The molecule has 50 heavy (non-hydrogen) atoms. The van der Waals surface area contributed by atoms with E-state index in [0.717, 1.165) is 77.0 Å². The highest BCUT2D eigenvalue weighted by Gasteiger charge is 2.16. The maximum Gasteiger partial charge on any atom is 0.306 e. The van der Waals surface area contributed by atoms with Gasteiger partial charge in [0.1, 0.15) is 6.61 Å². The average molecular weight is 697 g/mol. The zero-order valence-corrected chi connectivity index (χ0v) is 32.4. The normalized spacial score (nSPS) is 12.9. The van der Waals surface area contributed by atoms with Crippen molar-refractivity contribution in [3.05, 3.63) is 72.9 Å². The molecule has 0 aliphatic carbocycles. The van der Waals surface area contributed by atoms with E-state index in [1.54, 1.807) is 0 Å². The summed E-state index contributed by atoms with van der Waals surface area (Å²) in [5, 5.41) is 9.56. The van der Waals surface area contributed by atoms with Gasteiger partial charge in [-0.1, -0.05) is 157 Å². The highest BCUT2D eigenvalue weighted by molar-refractivity contribution is 5.70. The fourth-order valence-corrected chi connectivity index (χ4v) is 5.40. The minimum atomic E-state index is -0.793. The molecule has 0 aliphatic rings. The van der Waals surface area contributed by atoms with Crippen molar-refractivity contribution < 1.29 is 24.2 Å². The fraction of sp³-hybridized carbons (Fsp3) is 0.689. The lowest BCUT2D eigenvalue weighted by atomic mass is 10.1. The zero-order chi connectivity index (χ0) is 36.4. The van der Waals surface area contributed by atoms with Crippen molar-refractivity contribution in [2.75, 3.05) is 13.2 Å². The van der Waals surface area contributed by atoms with Gasteiger partial charge < -0.3 is 14.6 Å². The van der Waals surface area contributed by atoms with Gasteiger partial charge in [0.15, 0.2) is 6.10 Å². The van der Waals surface area contributed by atoms with Crippen LogP contribution in [0, 0.1) is 0 Å². The second-order valence-electron chi connectivity index (χ2n) is 13.3. The molecule has 0 saturated heterocycles. The van der Waals surface area contributed by atoms with Crippen LogP contribution in [0.1, 0.15) is 181 Å². The lowest BCUT2D eigenvalue weighted by Gasteiger charge is -2.15. The van der Waals surface area contributed by atoms with Crippen LogP contribution < -0.4 is 0 Å². The summed E-state index contributed by atoms with van der Waals surface area (Å²) in [5.41, 5.74) is 0. The van der Waals surface area contributed by atoms with Crippen LogP contribution in [0.5, 0.6) is 0 Å². The van der Waals surface area contributed by atoms with E-state index in [-0.39, 0.29) is 25.2 Å². The second kappa shape index (κ2) is 40.8. The number of hydrogen-bond acceptors (Lipinski definition) is 5. The van der Waals surface area contributed by atoms with E-state index in [0.29, 0.717) is 12.8 Å². The lowest BCUT2D eigenvalue weighted by Crippen LogP contribution is -2.28. The molecule has 0 radical (unpaired) electrons. The van der Waals surface area contributed by atoms with Crippen LogP contribution in [-0.2, 0) is 19.1 Å². The molecule has 1 atom stereocenters. The molecule has 0 fully saturated rings. The summed E-state index contributed by atoms with van der Waals surface area (Å²) in [4.78, 5) is 24.3. The Morgan fingerprint density at radius 1 is 0.480 bits per heavy atom. The van der Waals surface area contributed by atoms with Gasteiger partial charge in [-0.25, -0.2) is 0 Å². The fourth-order valence-electron chi connectivity index (χ4n) is 5.40. The van der Waals surface area contributed by atoms with Gasteiger partial charge in [-0.05, 0) is 83.5 Å². The number of rotatable bonds is 36.